The molecule has 7 nitrogen and oxygen atoms in total. The lowest BCUT2D eigenvalue weighted by atomic mass is 9.79. The van der Waals surface area contributed by atoms with Crippen molar-refractivity contribution in [3.05, 3.63) is 99.7 Å². The Bertz CT molecular complexity index is 1340. The lowest BCUT2D eigenvalue weighted by molar-refractivity contribution is -0.139. The van der Waals surface area contributed by atoms with E-state index in [1.807, 2.05) is 51.1 Å². The largest absolute Gasteiger partial charge is 0.463 e. The summed E-state index contributed by atoms with van der Waals surface area (Å²) >= 11 is 0. The summed E-state index contributed by atoms with van der Waals surface area (Å²) in [5.41, 5.74) is 6.75. The highest BCUT2D eigenvalue weighted by Gasteiger charge is 2.41. The smallest absolute Gasteiger partial charge is 0.336 e. The average Bonchev–Trinajstić information content (AvgIpc) is 3.27. The Hall–Kier alpha value is -4.13. The Labute approximate surface area is 223 Å². The third-order valence-corrected chi connectivity index (χ3v) is 6.75. The number of nitrogens with one attached hydrogen (secondary N) is 1. The molecular weight excluding hydrogens is 480 g/mol. The first-order chi connectivity index (χ1) is 18.4. The van der Waals surface area contributed by atoms with E-state index in [1.165, 1.54) is 5.56 Å². The third-order valence-electron chi connectivity index (χ3n) is 6.75. The fourth-order valence-electron chi connectivity index (χ4n) is 5.10. The molecule has 1 aliphatic heterocycles. The Morgan fingerprint density at radius 1 is 0.842 bits per heavy atom. The number of carbonyl (C=O) groups excluding carboxylic acids is 2. The van der Waals surface area contributed by atoms with Crippen LogP contribution >= 0.6 is 0 Å². The van der Waals surface area contributed by atoms with Crippen LogP contribution in [0.3, 0.4) is 0 Å². The van der Waals surface area contributed by atoms with Crippen LogP contribution in [-0.4, -0.2) is 30.3 Å². The highest BCUT2D eigenvalue weighted by atomic mass is 16.5. The molecule has 0 radical (unpaired) electrons. The number of hydrogen-bond donors (Lipinski definition) is 1. The van der Waals surface area contributed by atoms with Crippen LogP contribution in [0.5, 0.6) is 0 Å². The lowest BCUT2D eigenvalue weighted by Gasteiger charge is -2.30. The number of carbonyl (C=O) groups is 2. The summed E-state index contributed by atoms with van der Waals surface area (Å²) in [5.74, 6) is -1.07. The standard InChI is InChI=1S/C31H34N2O5/c1-6-36-30(34)27-19(3)32-20(4)28(31(35)37-7-2)29(27)26-21(5)33-38-25(26)18-17-23-15-11-12-16-24(23)22-13-9-8-10-14-22/h8-16,29,32H,6-7,17-18H2,1-5H3. The molecule has 2 heterocycles. The minimum Gasteiger partial charge on any atom is -0.463 e. The van der Waals surface area contributed by atoms with Crippen LogP contribution in [-0.2, 0) is 31.9 Å². The first-order valence-corrected chi connectivity index (χ1v) is 13.0. The van der Waals surface area contributed by atoms with E-state index in [1.54, 1.807) is 13.8 Å². The zero-order valence-electron chi connectivity index (χ0n) is 22.6. The number of aromatic nitrogens is 1. The molecule has 0 atom stereocenters. The van der Waals surface area contributed by atoms with Crippen LogP contribution in [0, 0.1) is 6.92 Å². The number of rotatable bonds is 9. The molecule has 0 saturated carbocycles. The number of ether oxygens (including phenoxy) is 2. The Morgan fingerprint density at radius 2 is 1.42 bits per heavy atom. The van der Waals surface area contributed by atoms with Crippen molar-refractivity contribution < 1.29 is 23.6 Å². The monoisotopic (exact) mass is 514 g/mol. The Kier molecular flexibility index (Phi) is 8.46. The molecule has 198 valence electrons. The topological polar surface area (TPSA) is 90.7 Å². The molecule has 0 bridgehead atoms. The van der Waals surface area contributed by atoms with Gasteiger partial charge in [0.05, 0.1) is 36.0 Å². The van der Waals surface area contributed by atoms with Crippen molar-refractivity contribution in [1.29, 1.82) is 0 Å². The van der Waals surface area contributed by atoms with E-state index >= 15 is 0 Å². The molecule has 1 aromatic heterocycles. The highest BCUT2D eigenvalue weighted by molar-refractivity contribution is 6.00. The van der Waals surface area contributed by atoms with Crippen LogP contribution in [0.15, 0.2) is 81.7 Å². The molecule has 0 saturated heterocycles. The van der Waals surface area contributed by atoms with Gasteiger partial charge in [-0.15, -0.1) is 0 Å². The second-order valence-corrected chi connectivity index (χ2v) is 9.20. The van der Waals surface area contributed by atoms with Gasteiger partial charge in [0.25, 0.3) is 0 Å². The molecule has 7 heteroatoms. The van der Waals surface area contributed by atoms with Gasteiger partial charge in [0.2, 0.25) is 0 Å². The molecule has 0 amide bonds. The fraction of sp³-hybridized carbons (Fsp3) is 0.323. The summed E-state index contributed by atoms with van der Waals surface area (Å²) in [7, 11) is 0. The molecule has 38 heavy (non-hydrogen) atoms. The van der Waals surface area contributed by atoms with Gasteiger partial charge < -0.3 is 19.3 Å². The predicted molar refractivity (Wildman–Crippen MR) is 145 cm³/mol. The molecule has 4 rings (SSSR count). The fourth-order valence-corrected chi connectivity index (χ4v) is 5.10. The maximum Gasteiger partial charge on any atom is 0.336 e. The Morgan fingerprint density at radius 3 is 2.03 bits per heavy atom. The van der Waals surface area contributed by atoms with Gasteiger partial charge in [-0.25, -0.2) is 9.59 Å². The number of benzene rings is 2. The summed E-state index contributed by atoms with van der Waals surface area (Å²) in [6, 6.07) is 18.5. The highest BCUT2D eigenvalue weighted by Crippen LogP contribution is 2.42. The molecule has 2 aromatic carbocycles. The van der Waals surface area contributed by atoms with E-state index in [0.29, 0.717) is 52.4 Å². The van der Waals surface area contributed by atoms with Gasteiger partial charge in [0.1, 0.15) is 5.76 Å². The maximum atomic E-state index is 13.2. The van der Waals surface area contributed by atoms with Gasteiger partial charge in [-0.3, -0.25) is 0 Å². The number of dihydropyridines is 1. The number of allylic oxidation sites excluding steroid dienone is 2. The molecule has 0 aliphatic carbocycles. The molecule has 1 N–H and O–H groups in total. The predicted octanol–water partition coefficient (Wildman–Crippen LogP) is 5.80. The van der Waals surface area contributed by atoms with E-state index in [-0.39, 0.29) is 13.2 Å². The first kappa shape index (κ1) is 26.9. The van der Waals surface area contributed by atoms with E-state index in [0.717, 1.165) is 11.1 Å². The molecule has 0 fully saturated rings. The normalized spacial score (nSPS) is 13.9. The third kappa shape index (κ3) is 5.42. The van der Waals surface area contributed by atoms with Crippen molar-refractivity contribution >= 4 is 11.9 Å². The zero-order valence-corrected chi connectivity index (χ0v) is 22.6. The van der Waals surface area contributed by atoms with Gasteiger partial charge in [0, 0.05) is 23.4 Å². The zero-order chi connectivity index (χ0) is 27.2. The van der Waals surface area contributed by atoms with E-state index in [4.69, 9.17) is 14.0 Å². The van der Waals surface area contributed by atoms with Crippen molar-refractivity contribution in [3.63, 3.8) is 0 Å². The molecule has 0 spiro atoms. The summed E-state index contributed by atoms with van der Waals surface area (Å²) in [6.45, 7) is 9.39. The number of esters is 2. The summed E-state index contributed by atoms with van der Waals surface area (Å²) in [6.07, 6.45) is 1.22. The van der Waals surface area contributed by atoms with Crippen molar-refractivity contribution in [1.82, 2.24) is 10.5 Å². The van der Waals surface area contributed by atoms with Crippen LogP contribution in [0.2, 0.25) is 0 Å². The van der Waals surface area contributed by atoms with Crippen molar-refractivity contribution in [2.24, 2.45) is 0 Å². The summed E-state index contributed by atoms with van der Waals surface area (Å²) < 4.78 is 16.7. The van der Waals surface area contributed by atoms with Crippen LogP contribution in [0.25, 0.3) is 11.1 Å². The van der Waals surface area contributed by atoms with Crippen molar-refractivity contribution in [3.8, 4) is 11.1 Å². The second kappa shape index (κ2) is 11.9. The van der Waals surface area contributed by atoms with Crippen LogP contribution < -0.4 is 5.32 Å². The van der Waals surface area contributed by atoms with Gasteiger partial charge >= 0.3 is 11.9 Å². The summed E-state index contributed by atoms with van der Waals surface area (Å²) in [5, 5.41) is 7.45. The second-order valence-electron chi connectivity index (χ2n) is 9.20. The lowest BCUT2D eigenvalue weighted by Crippen LogP contribution is -2.33. The SMILES string of the molecule is CCOC(=O)C1=C(C)NC(C)=C(C(=O)OCC)C1c1c(C)noc1CCc1ccccc1-c1ccccc1. The van der Waals surface area contributed by atoms with E-state index in [2.05, 4.69) is 34.7 Å². The molecule has 0 unspecified atom stereocenters. The average molecular weight is 515 g/mol. The van der Waals surface area contributed by atoms with E-state index < -0.39 is 17.9 Å². The minimum atomic E-state index is -0.722. The quantitative estimate of drug-likeness (QED) is 0.361. The number of hydrogen-bond acceptors (Lipinski definition) is 7. The maximum absolute atomic E-state index is 13.2. The molecule has 3 aromatic rings. The van der Waals surface area contributed by atoms with Gasteiger partial charge in [-0.05, 0) is 57.7 Å². The Balaban J connectivity index is 1.77. The van der Waals surface area contributed by atoms with Crippen LogP contribution in [0.1, 0.15) is 56.2 Å². The first-order valence-electron chi connectivity index (χ1n) is 13.0. The van der Waals surface area contributed by atoms with Crippen molar-refractivity contribution in [2.75, 3.05) is 13.2 Å². The van der Waals surface area contributed by atoms with Gasteiger partial charge in [0.15, 0.2) is 0 Å². The van der Waals surface area contributed by atoms with Crippen LogP contribution in [0.4, 0.5) is 0 Å². The molecule has 1 aliphatic rings. The van der Waals surface area contributed by atoms with E-state index in [9.17, 15) is 9.59 Å². The van der Waals surface area contributed by atoms with Gasteiger partial charge in [-0.1, -0.05) is 59.8 Å². The number of nitrogens with zero attached hydrogens (tertiary/aromatic N) is 1. The van der Waals surface area contributed by atoms with Gasteiger partial charge in [-0.2, -0.15) is 0 Å². The number of aryl methyl sites for hydroxylation is 3. The van der Waals surface area contributed by atoms with Crippen molar-refractivity contribution in [2.45, 2.75) is 53.4 Å². The summed E-state index contributed by atoms with van der Waals surface area (Å²) in [4.78, 5) is 26.4. The molecular formula is C31H34N2O5. The minimum absolute atomic E-state index is 0.214.